The first-order valence-electron chi connectivity index (χ1n) is 8.92. The van der Waals surface area contributed by atoms with E-state index in [-0.39, 0.29) is 12.5 Å². The average molecular weight is 338 g/mol. The molecular weight excluding hydrogens is 312 g/mol. The third-order valence-electron chi connectivity index (χ3n) is 5.00. The van der Waals surface area contributed by atoms with Gasteiger partial charge in [-0.25, -0.2) is 0 Å². The van der Waals surface area contributed by atoms with Gasteiger partial charge in [0.1, 0.15) is 0 Å². The van der Waals surface area contributed by atoms with E-state index in [2.05, 4.69) is 16.3 Å². The Bertz CT molecular complexity index is 749. The molecule has 132 valence electrons. The van der Waals surface area contributed by atoms with Crippen LogP contribution in [-0.2, 0) is 0 Å². The van der Waals surface area contributed by atoms with Gasteiger partial charge in [0.2, 0.25) is 0 Å². The molecule has 0 saturated carbocycles. The number of amides is 1. The van der Waals surface area contributed by atoms with Crippen molar-refractivity contribution in [2.45, 2.75) is 26.7 Å². The summed E-state index contributed by atoms with van der Waals surface area (Å²) in [6.07, 6.45) is 1.96. The molecule has 1 saturated heterocycles. The van der Waals surface area contributed by atoms with Gasteiger partial charge in [0.25, 0.3) is 5.91 Å². The molecule has 0 radical (unpaired) electrons. The minimum atomic E-state index is -0.0705. The van der Waals surface area contributed by atoms with Gasteiger partial charge in [0.05, 0.1) is 11.4 Å². The van der Waals surface area contributed by atoms with Crippen LogP contribution in [0.1, 0.15) is 34.3 Å². The smallest absolute Gasteiger partial charge is 0.255 e. The highest BCUT2D eigenvalue weighted by Crippen LogP contribution is 2.30. The molecule has 4 nitrogen and oxygen atoms in total. The van der Waals surface area contributed by atoms with E-state index in [1.807, 2.05) is 50.2 Å². The van der Waals surface area contributed by atoms with Crippen molar-refractivity contribution in [2.75, 3.05) is 29.9 Å². The molecule has 2 aromatic carbocycles. The van der Waals surface area contributed by atoms with Gasteiger partial charge in [-0.15, -0.1) is 0 Å². The van der Waals surface area contributed by atoms with E-state index < -0.39 is 0 Å². The number of aryl methyl sites for hydroxylation is 2. The fourth-order valence-electron chi connectivity index (χ4n) is 3.38. The fraction of sp³-hybridized carbons (Fsp3) is 0.381. The quantitative estimate of drug-likeness (QED) is 0.892. The number of rotatable bonds is 4. The Morgan fingerprint density at radius 2 is 1.88 bits per heavy atom. The summed E-state index contributed by atoms with van der Waals surface area (Å²) in [5, 5.41) is 12.4. The number of carbonyl (C=O) groups is 1. The highest BCUT2D eigenvalue weighted by molar-refractivity contribution is 6.07. The lowest BCUT2D eigenvalue weighted by atomic mass is 9.97. The molecular formula is C21H26N2O2. The van der Waals surface area contributed by atoms with Crippen LogP contribution >= 0.6 is 0 Å². The first-order chi connectivity index (χ1) is 12.1. The number of benzene rings is 2. The number of para-hydroxylation sites is 2. The SMILES string of the molecule is Cc1ccc(C)c(C(=O)Nc2ccccc2N2CCC(CO)CC2)c1. The molecule has 0 atom stereocenters. The summed E-state index contributed by atoms with van der Waals surface area (Å²) in [4.78, 5) is 15.1. The van der Waals surface area contributed by atoms with Crippen LogP contribution < -0.4 is 10.2 Å². The van der Waals surface area contributed by atoms with Crippen molar-refractivity contribution in [1.29, 1.82) is 0 Å². The molecule has 1 heterocycles. The predicted octanol–water partition coefficient (Wildman–Crippen LogP) is 3.76. The molecule has 2 N–H and O–H groups in total. The third-order valence-corrected chi connectivity index (χ3v) is 5.00. The molecule has 3 rings (SSSR count). The van der Waals surface area contributed by atoms with Crippen LogP contribution in [0.4, 0.5) is 11.4 Å². The molecule has 0 spiro atoms. The monoisotopic (exact) mass is 338 g/mol. The molecule has 0 bridgehead atoms. The van der Waals surface area contributed by atoms with Gasteiger partial charge in [-0.3, -0.25) is 4.79 Å². The maximum atomic E-state index is 12.8. The minimum absolute atomic E-state index is 0.0705. The summed E-state index contributed by atoms with van der Waals surface area (Å²) < 4.78 is 0. The second kappa shape index (κ2) is 7.70. The van der Waals surface area contributed by atoms with Crippen LogP contribution in [0.5, 0.6) is 0 Å². The van der Waals surface area contributed by atoms with Gasteiger partial charge < -0.3 is 15.3 Å². The molecule has 25 heavy (non-hydrogen) atoms. The average Bonchev–Trinajstić information content (AvgIpc) is 2.64. The summed E-state index contributed by atoms with van der Waals surface area (Å²) >= 11 is 0. The molecule has 1 fully saturated rings. The van der Waals surface area contributed by atoms with Crippen LogP contribution in [0.3, 0.4) is 0 Å². The maximum Gasteiger partial charge on any atom is 0.255 e. The summed E-state index contributed by atoms with van der Waals surface area (Å²) in [5.41, 5.74) is 4.67. The lowest BCUT2D eigenvalue weighted by Gasteiger charge is -2.34. The zero-order valence-corrected chi connectivity index (χ0v) is 15.0. The number of piperidine rings is 1. The Balaban J connectivity index is 1.79. The number of hydrogen-bond donors (Lipinski definition) is 2. The molecule has 4 heteroatoms. The molecule has 1 amide bonds. The predicted molar refractivity (Wildman–Crippen MR) is 102 cm³/mol. The van der Waals surface area contributed by atoms with Gasteiger partial charge >= 0.3 is 0 Å². The number of hydrogen-bond acceptors (Lipinski definition) is 3. The normalized spacial score (nSPS) is 15.2. The van der Waals surface area contributed by atoms with E-state index in [0.717, 1.165) is 48.4 Å². The van der Waals surface area contributed by atoms with E-state index in [9.17, 15) is 9.90 Å². The van der Waals surface area contributed by atoms with Crippen molar-refractivity contribution >= 4 is 17.3 Å². The second-order valence-electron chi connectivity index (χ2n) is 6.90. The fourth-order valence-corrected chi connectivity index (χ4v) is 3.38. The number of aliphatic hydroxyl groups is 1. The minimum Gasteiger partial charge on any atom is -0.396 e. The Labute approximate surface area is 149 Å². The van der Waals surface area contributed by atoms with Crippen molar-refractivity contribution in [3.05, 3.63) is 59.2 Å². The maximum absolute atomic E-state index is 12.8. The number of carbonyl (C=O) groups excluding carboxylic acids is 1. The van der Waals surface area contributed by atoms with Crippen LogP contribution in [-0.4, -0.2) is 30.7 Å². The molecule has 0 unspecified atom stereocenters. The van der Waals surface area contributed by atoms with Crippen molar-refractivity contribution in [1.82, 2.24) is 0 Å². The van der Waals surface area contributed by atoms with Crippen molar-refractivity contribution in [3.63, 3.8) is 0 Å². The van der Waals surface area contributed by atoms with Crippen LogP contribution in [0, 0.1) is 19.8 Å². The number of aliphatic hydroxyl groups excluding tert-OH is 1. The molecule has 1 aliphatic rings. The third kappa shape index (κ3) is 4.02. The van der Waals surface area contributed by atoms with E-state index in [0.29, 0.717) is 11.5 Å². The van der Waals surface area contributed by atoms with Crippen LogP contribution in [0.15, 0.2) is 42.5 Å². The summed E-state index contributed by atoms with van der Waals surface area (Å²) in [6.45, 7) is 6.03. The van der Waals surface area contributed by atoms with Gasteiger partial charge in [0, 0.05) is 25.3 Å². The summed E-state index contributed by atoms with van der Waals surface area (Å²) in [6, 6.07) is 13.9. The Morgan fingerprint density at radius 1 is 1.16 bits per heavy atom. The highest BCUT2D eigenvalue weighted by atomic mass is 16.3. The number of nitrogens with zero attached hydrogens (tertiary/aromatic N) is 1. The highest BCUT2D eigenvalue weighted by Gasteiger charge is 2.21. The van der Waals surface area contributed by atoms with Gasteiger partial charge in [-0.2, -0.15) is 0 Å². The van der Waals surface area contributed by atoms with E-state index in [1.165, 1.54) is 0 Å². The summed E-state index contributed by atoms with van der Waals surface area (Å²) in [5.74, 6) is 0.326. The molecule has 0 aromatic heterocycles. The first-order valence-corrected chi connectivity index (χ1v) is 8.92. The number of nitrogens with one attached hydrogen (secondary N) is 1. The second-order valence-corrected chi connectivity index (χ2v) is 6.90. The van der Waals surface area contributed by atoms with Gasteiger partial charge in [-0.05, 0) is 56.4 Å². The Hall–Kier alpha value is -2.33. The van der Waals surface area contributed by atoms with Crippen LogP contribution in [0.25, 0.3) is 0 Å². The van der Waals surface area contributed by atoms with Crippen molar-refractivity contribution < 1.29 is 9.90 Å². The lowest BCUT2D eigenvalue weighted by molar-refractivity contribution is 0.102. The van der Waals surface area contributed by atoms with E-state index >= 15 is 0 Å². The standard InChI is InChI=1S/C21H26N2O2/c1-15-7-8-16(2)18(13-15)21(25)22-19-5-3-4-6-20(19)23-11-9-17(14-24)10-12-23/h3-8,13,17,24H,9-12,14H2,1-2H3,(H,22,25). The topological polar surface area (TPSA) is 52.6 Å². The van der Waals surface area contributed by atoms with E-state index in [4.69, 9.17) is 0 Å². The van der Waals surface area contributed by atoms with Gasteiger partial charge in [-0.1, -0.05) is 29.8 Å². The summed E-state index contributed by atoms with van der Waals surface area (Å²) in [7, 11) is 0. The zero-order chi connectivity index (χ0) is 17.8. The van der Waals surface area contributed by atoms with E-state index in [1.54, 1.807) is 0 Å². The van der Waals surface area contributed by atoms with Gasteiger partial charge in [0.15, 0.2) is 0 Å². The molecule has 2 aromatic rings. The lowest BCUT2D eigenvalue weighted by Crippen LogP contribution is -2.35. The van der Waals surface area contributed by atoms with Crippen molar-refractivity contribution in [3.8, 4) is 0 Å². The Morgan fingerprint density at radius 3 is 2.60 bits per heavy atom. The largest absolute Gasteiger partial charge is 0.396 e. The number of anilines is 2. The molecule has 1 aliphatic heterocycles. The zero-order valence-electron chi connectivity index (χ0n) is 15.0. The molecule has 0 aliphatic carbocycles. The van der Waals surface area contributed by atoms with Crippen molar-refractivity contribution in [2.24, 2.45) is 5.92 Å². The first kappa shape index (κ1) is 17.5. The Kier molecular flexibility index (Phi) is 5.39. The van der Waals surface area contributed by atoms with Crippen LogP contribution in [0.2, 0.25) is 0 Å².